The fourth-order valence-corrected chi connectivity index (χ4v) is 6.57. The van der Waals surface area contributed by atoms with Crippen LogP contribution in [0.5, 0.6) is 17.2 Å². The number of imide groups is 1. The van der Waals surface area contributed by atoms with Gasteiger partial charge in [0.05, 0.1) is 53.2 Å². The Hall–Kier alpha value is -4.09. The summed E-state index contributed by atoms with van der Waals surface area (Å²) in [6, 6.07) is 16.1. The summed E-state index contributed by atoms with van der Waals surface area (Å²) in [6.07, 6.45) is 3.36. The lowest BCUT2D eigenvalue weighted by molar-refractivity contribution is 0.0640. The van der Waals surface area contributed by atoms with E-state index in [0.717, 1.165) is 68.7 Å². The second-order valence-corrected chi connectivity index (χ2v) is 12.3. The number of nitrogens with one attached hydrogen (secondary N) is 1. The first-order valence-corrected chi connectivity index (χ1v) is 16.4. The molecule has 3 heterocycles. The van der Waals surface area contributed by atoms with Gasteiger partial charge in [0, 0.05) is 68.7 Å². The van der Waals surface area contributed by atoms with Crippen LogP contribution in [0.25, 0.3) is 10.9 Å². The maximum absolute atomic E-state index is 12.6. The standard InChI is InChI=1S/C35H37Cl2N5O5/c1-45-31-22-30(26(36)20-27(31)37)39-28-9-10-38-29-21-33(32(46-2)19-25(28)29)47-18-6-12-41-16-14-40(15-17-41)11-5-13-42-34(43)23-7-3-4-8-24(23)35(42)44/h3-4,7-10,19-22H,5-6,11-18H2,1-2H3,(H,38,39). The van der Waals surface area contributed by atoms with Crippen LogP contribution in [0.15, 0.2) is 60.8 Å². The number of halogens is 2. The largest absolute Gasteiger partial charge is 0.495 e. The van der Waals surface area contributed by atoms with E-state index in [0.29, 0.717) is 57.3 Å². The van der Waals surface area contributed by atoms with E-state index in [4.69, 9.17) is 37.4 Å². The summed E-state index contributed by atoms with van der Waals surface area (Å²) in [4.78, 5) is 36.0. The number of rotatable bonds is 13. The highest BCUT2D eigenvalue weighted by atomic mass is 35.5. The Labute approximate surface area is 284 Å². The number of carbonyl (C=O) groups excluding carboxylic acids is 2. The molecule has 0 saturated carbocycles. The lowest BCUT2D eigenvalue weighted by atomic mass is 10.1. The van der Waals surface area contributed by atoms with E-state index in [1.165, 1.54) is 4.90 Å². The molecule has 2 aliphatic heterocycles. The van der Waals surface area contributed by atoms with Crippen molar-refractivity contribution in [1.29, 1.82) is 0 Å². The van der Waals surface area contributed by atoms with Crippen LogP contribution in [0.2, 0.25) is 10.0 Å². The number of anilines is 2. The van der Waals surface area contributed by atoms with Gasteiger partial charge in [-0.25, -0.2) is 0 Å². The zero-order chi connectivity index (χ0) is 32.9. The van der Waals surface area contributed by atoms with E-state index in [-0.39, 0.29) is 11.8 Å². The van der Waals surface area contributed by atoms with Gasteiger partial charge in [0.2, 0.25) is 0 Å². The fourth-order valence-electron chi connectivity index (χ4n) is 6.06. The smallest absolute Gasteiger partial charge is 0.261 e. The second-order valence-electron chi connectivity index (χ2n) is 11.5. The molecule has 1 fully saturated rings. The molecule has 0 unspecified atom stereocenters. The first-order chi connectivity index (χ1) is 22.9. The van der Waals surface area contributed by atoms with Gasteiger partial charge in [-0.3, -0.25) is 19.5 Å². The van der Waals surface area contributed by atoms with Crippen LogP contribution in [0.4, 0.5) is 11.4 Å². The molecular weight excluding hydrogens is 641 g/mol. The molecule has 0 radical (unpaired) electrons. The summed E-state index contributed by atoms with van der Waals surface area (Å²) < 4.78 is 17.2. The average Bonchev–Trinajstić information content (AvgIpc) is 3.33. The van der Waals surface area contributed by atoms with Crippen molar-refractivity contribution < 1.29 is 23.8 Å². The van der Waals surface area contributed by atoms with Gasteiger partial charge in [-0.2, -0.15) is 0 Å². The van der Waals surface area contributed by atoms with E-state index < -0.39 is 0 Å². The molecule has 4 aromatic rings. The maximum atomic E-state index is 12.6. The SMILES string of the molecule is COc1cc(Nc2ccnc3cc(OCCCN4CCN(CCCN5C(=O)c6ccccc6C5=O)CC4)c(OC)cc23)c(Cl)cc1Cl. The van der Waals surface area contributed by atoms with Gasteiger partial charge in [0.15, 0.2) is 11.5 Å². The Morgan fingerprint density at radius 3 is 2.06 bits per heavy atom. The van der Waals surface area contributed by atoms with E-state index >= 15 is 0 Å². The summed E-state index contributed by atoms with van der Waals surface area (Å²) in [6.45, 7) is 6.62. The van der Waals surface area contributed by atoms with Crippen LogP contribution in [0.1, 0.15) is 33.6 Å². The second kappa shape index (κ2) is 14.8. The first kappa shape index (κ1) is 32.8. The molecule has 47 heavy (non-hydrogen) atoms. The van der Waals surface area contributed by atoms with Crippen LogP contribution < -0.4 is 19.5 Å². The Morgan fingerprint density at radius 1 is 0.745 bits per heavy atom. The monoisotopic (exact) mass is 677 g/mol. The molecule has 1 aromatic heterocycles. The Balaban J connectivity index is 0.962. The van der Waals surface area contributed by atoms with Crippen LogP contribution in [-0.4, -0.2) is 98.1 Å². The van der Waals surface area contributed by atoms with Crippen LogP contribution in [0.3, 0.4) is 0 Å². The molecular formula is C35H37Cl2N5O5. The lowest BCUT2D eigenvalue weighted by Gasteiger charge is -2.34. The fraction of sp³-hybridized carbons (Fsp3) is 0.343. The van der Waals surface area contributed by atoms with Crippen LogP contribution in [0, 0.1) is 0 Å². The molecule has 0 spiro atoms. The molecule has 246 valence electrons. The molecule has 0 bridgehead atoms. The predicted molar refractivity (Wildman–Crippen MR) is 184 cm³/mol. The van der Waals surface area contributed by atoms with E-state index in [2.05, 4.69) is 20.1 Å². The molecule has 0 aliphatic carbocycles. The Morgan fingerprint density at radius 2 is 1.40 bits per heavy atom. The number of nitrogens with zero attached hydrogens (tertiary/aromatic N) is 4. The third-order valence-electron chi connectivity index (χ3n) is 8.61. The summed E-state index contributed by atoms with van der Waals surface area (Å²) in [7, 11) is 3.18. The van der Waals surface area contributed by atoms with Gasteiger partial charge in [-0.1, -0.05) is 35.3 Å². The number of benzene rings is 3. The highest BCUT2D eigenvalue weighted by molar-refractivity contribution is 6.37. The predicted octanol–water partition coefficient (Wildman–Crippen LogP) is 6.38. The van der Waals surface area contributed by atoms with Gasteiger partial charge >= 0.3 is 0 Å². The molecule has 1 N–H and O–H groups in total. The van der Waals surface area contributed by atoms with Crippen molar-refractivity contribution >= 4 is 57.3 Å². The molecule has 0 atom stereocenters. The average molecular weight is 679 g/mol. The number of aromatic nitrogens is 1. The van der Waals surface area contributed by atoms with Gasteiger partial charge in [0.25, 0.3) is 11.8 Å². The van der Waals surface area contributed by atoms with Crippen molar-refractivity contribution in [3.05, 3.63) is 82.0 Å². The number of hydrogen-bond donors (Lipinski definition) is 1. The third kappa shape index (κ3) is 7.26. The van der Waals surface area contributed by atoms with Crippen molar-refractivity contribution in [3.63, 3.8) is 0 Å². The summed E-state index contributed by atoms with van der Waals surface area (Å²) in [5.41, 5.74) is 3.22. The van der Waals surface area contributed by atoms with Crippen molar-refractivity contribution in [2.24, 2.45) is 0 Å². The minimum absolute atomic E-state index is 0.183. The minimum Gasteiger partial charge on any atom is -0.495 e. The van der Waals surface area contributed by atoms with Crippen molar-refractivity contribution in [2.75, 3.05) is 72.0 Å². The molecule has 6 rings (SSSR count). The topological polar surface area (TPSA) is 96.5 Å². The Kier molecular flexibility index (Phi) is 10.3. The molecule has 12 heteroatoms. The van der Waals surface area contributed by atoms with Crippen molar-refractivity contribution in [1.82, 2.24) is 19.7 Å². The van der Waals surface area contributed by atoms with E-state index in [9.17, 15) is 9.59 Å². The molecule has 3 aromatic carbocycles. The minimum atomic E-state index is -0.183. The van der Waals surface area contributed by atoms with Gasteiger partial charge in [0.1, 0.15) is 5.75 Å². The zero-order valence-corrected chi connectivity index (χ0v) is 27.9. The van der Waals surface area contributed by atoms with Crippen molar-refractivity contribution in [3.8, 4) is 17.2 Å². The number of amides is 2. The van der Waals surface area contributed by atoms with Crippen molar-refractivity contribution in [2.45, 2.75) is 12.8 Å². The van der Waals surface area contributed by atoms with Gasteiger partial charge in [-0.15, -0.1) is 0 Å². The molecule has 10 nitrogen and oxygen atoms in total. The quantitative estimate of drug-likeness (QED) is 0.128. The third-order valence-corrected chi connectivity index (χ3v) is 9.22. The molecule has 1 saturated heterocycles. The number of methoxy groups -OCH3 is 2. The molecule has 2 aliphatic rings. The number of hydrogen-bond acceptors (Lipinski definition) is 9. The van der Waals surface area contributed by atoms with E-state index in [1.54, 1.807) is 56.8 Å². The zero-order valence-electron chi connectivity index (χ0n) is 26.4. The number of fused-ring (bicyclic) bond motifs is 2. The normalized spacial score (nSPS) is 15.3. The maximum Gasteiger partial charge on any atom is 0.261 e. The van der Waals surface area contributed by atoms with Crippen LogP contribution in [-0.2, 0) is 0 Å². The lowest BCUT2D eigenvalue weighted by Crippen LogP contribution is -2.47. The summed E-state index contributed by atoms with van der Waals surface area (Å²) >= 11 is 12.7. The Bertz CT molecular complexity index is 1740. The summed E-state index contributed by atoms with van der Waals surface area (Å²) in [5, 5.41) is 5.12. The number of piperazine rings is 1. The highest BCUT2D eigenvalue weighted by Crippen LogP contribution is 2.39. The highest BCUT2D eigenvalue weighted by Gasteiger charge is 2.34. The van der Waals surface area contributed by atoms with Gasteiger partial charge in [-0.05, 0) is 49.7 Å². The number of ether oxygens (including phenoxy) is 3. The molecule has 2 amide bonds. The number of carbonyl (C=O) groups is 2. The van der Waals surface area contributed by atoms with Crippen LogP contribution >= 0.6 is 23.2 Å². The van der Waals surface area contributed by atoms with E-state index in [1.807, 2.05) is 18.2 Å². The van der Waals surface area contributed by atoms with Gasteiger partial charge < -0.3 is 29.3 Å². The number of pyridine rings is 1. The summed E-state index contributed by atoms with van der Waals surface area (Å²) in [5.74, 6) is 1.40. The first-order valence-electron chi connectivity index (χ1n) is 15.7.